The van der Waals surface area contributed by atoms with Gasteiger partial charge in [-0.2, -0.15) is 0 Å². The lowest BCUT2D eigenvalue weighted by Crippen LogP contribution is -2.44. The van der Waals surface area contributed by atoms with E-state index in [-0.39, 0.29) is 24.7 Å². The lowest BCUT2D eigenvalue weighted by molar-refractivity contribution is -0.138. The Hall–Kier alpha value is -0.610. The number of amides is 1. The fraction of sp³-hybridized carbons (Fsp3) is 0.929. The number of hydrogen-bond acceptors (Lipinski definition) is 3. The van der Waals surface area contributed by atoms with Crippen molar-refractivity contribution in [3.63, 3.8) is 0 Å². The molecule has 1 saturated carbocycles. The minimum atomic E-state index is -0.208. The molecule has 104 valence electrons. The summed E-state index contributed by atoms with van der Waals surface area (Å²) in [5.41, 5.74) is 0. The summed E-state index contributed by atoms with van der Waals surface area (Å²) in [7, 11) is 0. The summed E-state index contributed by atoms with van der Waals surface area (Å²) in [5, 5.41) is 9.99. The molecule has 0 bridgehead atoms. The van der Waals surface area contributed by atoms with Crippen LogP contribution in [0, 0.1) is 5.92 Å². The van der Waals surface area contributed by atoms with Crippen LogP contribution in [0.2, 0.25) is 0 Å². The van der Waals surface area contributed by atoms with E-state index in [0.29, 0.717) is 12.5 Å². The van der Waals surface area contributed by atoms with Gasteiger partial charge in [0.2, 0.25) is 5.91 Å². The molecule has 2 rings (SSSR count). The highest BCUT2D eigenvalue weighted by atomic mass is 16.5. The first kappa shape index (κ1) is 13.8. The fourth-order valence-corrected chi connectivity index (χ4v) is 3.35. The van der Waals surface area contributed by atoms with Gasteiger partial charge in [-0.1, -0.05) is 13.3 Å². The van der Waals surface area contributed by atoms with Gasteiger partial charge in [-0.05, 0) is 32.1 Å². The van der Waals surface area contributed by atoms with E-state index in [9.17, 15) is 9.90 Å². The number of aliphatic hydroxyl groups excluding tert-OH is 1. The van der Waals surface area contributed by atoms with Crippen molar-refractivity contribution in [1.82, 2.24) is 4.90 Å². The van der Waals surface area contributed by atoms with Crippen molar-refractivity contribution in [1.29, 1.82) is 0 Å². The average Bonchev–Trinajstić information content (AvgIpc) is 2.97. The molecular formula is C14H25NO3. The van der Waals surface area contributed by atoms with Crippen LogP contribution in [0.5, 0.6) is 0 Å². The number of ether oxygens (including phenoxy) is 1. The van der Waals surface area contributed by atoms with E-state index in [2.05, 4.69) is 0 Å². The van der Waals surface area contributed by atoms with Gasteiger partial charge in [-0.3, -0.25) is 4.79 Å². The quantitative estimate of drug-likeness (QED) is 0.759. The summed E-state index contributed by atoms with van der Waals surface area (Å²) in [6.07, 6.45) is 5.89. The summed E-state index contributed by atoms with van der Waals surface area (Å²) in [6, 6.07) is 0.250. The van der Waals surface area contributed by atoms with Crippen LogP contribution < -0.4 is 0 Å². The van der Waals surface area contributed by atoms with Crippen molar-refractivity contribution in [2.75, 3.05) is 19.8 Å². The van der Waals surface area contributed by atoms with Crippen LogP contribution in [0.15, 0.2) is 0 Å². The number of aliphatic hydroxyl groups is 1. The Balaban J connectivity index is 1.88. The predicted molar refractivity (Wildman–Crippen MR) is 69.2 cm³/mol. The maximum absolute atomic E-state index is 12.1. The number of hydrogen-bond donors (Lipinski definition) is 1. The van der Waals surface area contributed by atoms with Crippen LogP contribution >= 0.6 is 0 Å². The Morgan fingerprint density at radius 3 is 2.83 bits per heavy atom. The molecule has 18 heavy (non-hydrogen) atoms. The third-order valence-corrected chi connectivity index (χ3v) is 4.22. The van der Waals surface area contributed by atoms with Crippen LogP contribution in [0.4, 0.5) is 0 Å². The minimum Gasteiger partial charge on any atom is -0.393 e. The molecule has 0 radical (unpaired) electrons. The Bertz CT molecular complexity index is 282. The van der Waals surface area contributed by atoms with Gasteiger partial charge in [0, 0.05) is 25.1 Å². The molecule has 1 saturated heterocycles. The van der Waals surface area contributed by atoms with Crippen molar-refractivity contribution in [2.45, 2.75) is 57.6 Å². The second-order valence-corrected chi connectivity index (χ2v) is 5.51. The molecule has 1 amide bonds. The van der Waals surface area contributed by atoms with E-state index >= 15 is 0 Å². The van der Waals surface area contributed by atoms with E-state index in [0.717, 1.165) is 45.1 Å². The van der Waals surface area contributed by atoms with Gasteiger partial charge in [-0.25, -0.2) is 0 Å². The van der Waals surface area contributed by atoms with Gasteiger partial charge in [0.1, 0.15) is 6.61 Å². The van der Waals surface area contributed by atoms with Gasteiger partial charge in [0.05, 0.1) is 6.10 Å². The number of carbonyl (C=O) groups is 1. The zero-order valence-electron chi connectivity index (χ0n) is 11.3. The third kappa shape index (κ3) is 3.04. The fourth-order valence-electron chi connectivity index (χ4n) is 3.35. The Morgan fingerprint density at radius 1 is 1.33 bits per heavy atom. The molecular weight excluding hydrogens is 230 g/mol. The summed E-state index contributed by atoms with van der Waals surface area (Å²) >= 11 is 0. The van der Waals surface area contributed by atoms with Crippen molar-refractivity contribution >= 4 is 5.91 Å². The van der Waals surface area contributed by atoms with Gasteiger partial charge in [-0.15, -0.1) is 0 Å². The number of rotatable bonds is 5. The molecule has 0 spiro atoms. The second kappa shape index (κ2) is 6.53. The first-order valence-corrected chi connectivity index (χ1v) is 7.29. The Labute approximate surface area is 109 Å². The molecule has 0 aromatic heterocycles. The molecule has 0 aromatic rings. The molecule has 4 nitrogen and oxygen atoms in total. The summed E-state index contributed by atoms with van der Waals surface area (Å²) in [5.74, 6) is 0.396. The molecule has 3 atom stereocenters. The van der Waals surface area contributed by atoms with Crippen molar-refractivity contribution in [2.24, 2.45) is 5.92 Å². The van der Waals surface area contributed by atoms with E-state index in [4.69, 9.17) is 4.74 Å². The van der Waals surface area contributed by atoms with E-state index < -0.39 is 0 Å². The van der Waals surface area contributed by atoms with Gasteiger partial charge in [0.15, 0.2) is 0 Å². The monoisotopic (exact) mass is 255 g/mol. The van der Waals surface area contributed by atoms with E-state index in [1.807, 2.05) is 11.8 Å². The van der Waals surface area contributed by atoms with Crippen molar-refractivity contribution in [3.05, 3.63) is 0 Å². The lowest BCUT2D eigenvalue weighted by atomic mass is 9.94. The summed E-state index contributed by atoms with van der Waals surface area (Å²) in [4.78, 5) is 14.1. The molecule has 2 aliphatic rings. The largest absolute Gasteiger partial charge is 0.393 e. The zero-order valence-corrected chi connectivity index (χ0v) is 11.3. The average molecular weight is 255 g/mol. The third-order valence-electron chi connectivity index (χ3n) is 4.22. The maximum Gasteiger partial charge on any atom is 0.248 e. The zero-order chi connectivity index (χ0) is 13.0. The second-order valence-electron chi connectivity index (χ2n) is 5.51. The Kier molecular flexibility index (Phi) is 5.01. The van der Waals surface area contributed by atoms with Crippen molar-refractivity contribution < 1.29 is 14.6 Å². The van der Waals surface area contributed by atoms with Crippen LogP contribution in [0.25, 0.3) is 0 Å². The molecule has 1 heterocycles. The number of likely N-dealkylation sites (tertiary alicyclic amines) is 1. The number of carbonyl (C=O) groups excluding carboxylic acids is 1. The van der Waals surface area contributed by atoms with Crippen LogP contribution in [-0.4, -0.2) is 47.8 Å². The smallest absolute Gasteiger partial charge is 0.248 e. The van der Waals surface area contributed by atoms with Crippen molar-refractivity contribution in [3.8, 4) is 0 Å². The number of nitrogens with zero attached hydrogens (tertiary/aromatic N) is 1. The topological polar surface area (TPSA) is 49.8 Å². The van der Waals surface area contributed by atoms with E-state index in [1.54, 1.807) is 0 Å². The normalized spacial score (nSPS) is 32.1. The van der Waals surface area contributed by atoms with Gasteiger partial charge in [0.25, 0.3) is 0 Å². The SMILES string of the molecule is CCCOCC(=O)N1CCCC1C1CCCC1O. The molecule has 4 heteroatoms. The van der Waals surface area contributed by atoms with Crippen LogP contribution in [0.3, 0.4) is 0 Å². The minimum absolute atomic E-state index is 0.102. The van der Waals surface area contributed by atoms with Crippen LogP contribution in [-0.2, 0) is 9.53 Å². The molecule has 0 aromatic carbocycles. The molecule has 1 N–H and O–H groups in total. The molecule has 2 fully saturated rings. The maximum atomic E-state index is 12.1. The molecule has 1 aliphatic heterocycles. The highest BCUT2D eigenvalue weighted by Crippen LogP contribution is 2.35. The Morgan fingerprint density at radius 2 is 2.17 bits per heavy atom. The lowest BCUT2D eigenvalue weighted by Gasteiger charge is -2.31. The summed E-state index contributed by atoms with van der Waals surface area (Å²) in [6.45, 7) is 3.73. The van der Waals surface area contributed by atoms with Crippen LogP contribution in [0.1, 0.15) is 45.4 Å². The highest BCUT2D eigenvalue weighted by molar-refractivity contribution is 5.78. The molecule has 1 aliphatic carbocycles. The van der Waals surface area contributed by atoms with Gasteiger partial charge < -0.3 is 14.7 Å². The van der Waals surface area contributed by atoms with E-state index in [1.165, 1.54) is 0 Å². The predicted octanol–water partition coefficient (Wildman–Crippen LogP) is 1.56. The molecule has 3 unspecified atom stereocenters. The standard InChI is InChI=1S/C14H25NO3/c1-2-9-18-10-14(17)15-8-4-6-12(15)11-5-3-7-13(11)16/h11-13,16H,2-10H2,1H3. The summed E-state index contributed by atoms with van der Waals surface area (Å²) < 4.78 is 5.34. The highest BCUT2D eigenvalue weighted by Gasteiger charge is 2.39. The first-order valence-electron chi connectivity index (χ1n) is 7.29. The van der Waals surface area contributed by atoms with Gasteiger partial charge >= 0.3 is 0 Å². The first-order chi connectivity index (χ1) is 8.74.